The second kappa shape index (κ2) is 7.29. The van der Waals surface area contributed by atoms with Gasteiger partial charge < -0.3 is 10.4 Å². The average molecular weight is 281 g/mol. The minimum Gasteiger partial charge on any atom is -0.481 e. The Balaban J connectivity index is 4.22. The van der Waals surface area contributed by atoms with E-state index in [1.165, 1.54) is 7.05 Å². The molecule has 0 aromatic carbocycles. The van der Waals surface area contributed by atoms with E-state index in [2.05, 4.69) is 10.0 Å². The molecule has 0 radical (unpaired) electrons. The molecule has 0 spiro atoms. The van der Waals surface area contributed by atoms with Crippen LogP contribution in [0.5, 0.6) is 0 Å². The monoisotopic (exact) mass is 281 g/mol. The predicted molar refractivity (Wildman–Crippen MR) is 65.1 cm³/mol. The van der Waals surface area contributed by atoms with Crippen molar-refractivity contribution in [1.82, 2.24) is 14.3 Å². The Kier molecular flexibility index (Phi) is 6.81. The molecule has 1 amide bonds. The molecule has 106 valence electrons. The van der Waals surface area contributed by atoms with Crippen molar-refractivity contribution in [2.75, 3.05) is 20.1 Å². The molecule has 18 heavy (non-hydrogen) atoms. The predicted octanol–water partition coefficient (Wildman–Crippen LogP) is -1.25. The van der Waals surface area contributed by atoms with E-state index in [9.17, 15) is 18.0 Å². The highest BCUT2D eigenvalue weighted by molar-refractivity contribution is 7.87. The van der Waals surface area contributed by atoms with Gasteiger partial charge in [0.1, 0.15) is 0 Å². The summed E-state index contributed by atoms with van der Waals surface area (Å²) in [5.41, 5.74) is 0. The molecule has 0 aromatic heterocycles. The van der Waals surface area contributed by atoms with Gasteiger partial charge in [0.05, 0.1) is 13.0 Å². The first-order chi connectivity index (χ1) is 8.15. The summed E-state index contributed by atoms with van der Waals surface area (Å²) in [5.74, 6) is -1.53. The van der Waals surface area contributed by atoms with Gasteiger partial charge in [-0.15, -0.1) is 0 Å². The maximum Gasteiger partial charge on any atom is 0.304 e. The lowest BCUT2D eigenvalue weighted by molar-refractivity contribution is -0.137. The molecule has 0 unspecified atom stereocenters. The standard InChI is InChI=1S/C9H19N3O5S/c1-7(2)11-8(13)6-10-18(16,17)12(3)5-4-9(14)15/h7,10H,4-6H2,1-3H3,(H,11,13)(H,14,15). The van der Waals surface area contributed by atoms with Gasteiger partial charge in [0, 0.05) is 19.6 Å². The van der Waals surface area contributed by atoms with E-state index in [-0.39, 0.29) is 25.6 Å². The van der Waals surface area contributed by atoms with Crippen LogP contribution in [0.25, 0.3) is 0 Å². The highest BCUT2D eigenvalue weighted by Crippen LogP contribution is 1.95. The summed E-state index contributed by atoms with van der Waals surface area (Å²) in [4.78, 5) is 21.6. The number of carbonyl (C=O) groups excluding carboxylic acids is 1. The van der Waals surface area contributed by atoms with E-state index in [1.54, 1.807) is 13.8 Å². The van der Waals surface area contributed by atoms with Gasteiger partial charge in [-0.2, -0.15) is 17.4 Å². The molecule has 0 aliphatic rings. The van der Waals surface area contributed by atoms with Crippen LogP contribution >= 0.6 is 0 Å². The van der Waals surface area contributed by atoms with Crippen molar-refractivity contribution in [2.45, 2.75) is 26.3 Å². The van der Waals surface area contributed by atoms with Crippen molar-refractivity contribution in [2.24, 2.45) is 0 Å². The molecule has 0 aliphatic heterocycles. The zero-order chi connectivity index (χ0) is 14.3. The van der Waals surface area contributed by atoms with E-state index in [0.29, 0.717) is 0 Å². The van der Waals surface area contributed by atoms with Gasteiger partial charge in [-0.25, -0.2) is 0 Å². The van der Waals surface area contributed by atoms with Gasteiger partial charge in [-0.1, -0.05) is 0 Å². The number of aliphatic carboxylic acids is 1. The second-order valence-electron chi connectivity index (χ2n) is 4.01. The summed E-state index contributed by atoms with van der Waals surface area (Å²) >= 11 is 0. The van der Waals surface area contributed by atoms with Crippen molar-refractivity contribution in [3.63, 3.8) is 0 Å². The maximum absolute atomic E-state index is 11.6. The smallest absolute Gasteiger partial charge is 0.304 e. The zero-order valence-electron chi connectivity index (χ0n) is 10.6. The zero-order valence-corrected chi connectivity index (χ0v) is 11.5. The van der Waals surface area contributed by atoms with Crippen LogP contribution in [0.4, 0.5) is 0 Å². The highest BCUT2D eigenvalue weighted by atomic mass is 32.2. The fourth-order valence-corrected chi connectivity index (χ4v) is 1.88. The minimum atomic E-state index is -3.83. The number of hydrogen-bond donors (Lipinski definition) is 3. The maximum atomic E-state index is 11.6. The van der Waals surface area contributed by atoms with Crippen molar-refractivity contribution < 1.29 is 23.1 Å². The number of nitrogens with one attached hydrogen (secondary N) is 2. The van der Waals surface area contributed by atoms with Gasteiger partial charge in [-0.05, 0) is 13.8 Å². The first-order valence-corrected chi connectivity index (χ1v) is 6.81. The average Bonchev–Trinajstić information content (AvgIpc) is 2.22. The van der Waals surface area contributed by atoms with E-state index < -0.39 is 22.1 Å². The molecule has 0 fully saturated rings. The van der Waals surface area contributed by atoms with Crippen molar-refractivity contribution in [3.8, 4) is 0 Å². The summed E-state index contributed by atoms with van der Waals surface area (Å²) in [7, 11) is -2.59. The SMILES string of the molecule is CC(C)NC(=O)CNS(=O)(=O)N(C)CCC(=O)O. The third kappa shape index (κ3) is 7.20. The molecule has 8 nitrogen and oxygen atoms in total. The second-order valence-corrected chi connectivity index (χ2v) is 5.88. The molecule has 0 rings (SSSR count). The number of carbonyl (C=O) groups is 2. The molecule has 3 N–H and O–H groups in total. The number of nitrogens with zero attached hydrogens (tertiary/aromatic N) is 1. The lowest BCUT2D eigenvalue weighted by Gasteiger charge is -2.17. The van der Waals surface area contributed by atoms with Crippen molar-refractivity contribution in [1.29, 1.82) is 0 Å². The lowest BCUT2D eigenvalue weighted by Crippen LogP contribution is -2.45. The first kappa shape index (κ1) is 16.8. The van der Waals surface area contributed by atoms with E-state index >= 15 is 0 Å². The molecule has 0 saturated carbocycles. The Morgan fingerprint density at radius 1 is 1.33 bits per heavy atom. The Hall–Kier alpha value is -1.19. The van der Waals surface area contributed by atoms with Crippen LogP contribution in [-0.2, 0) is 19.8 Å². The molecular formula is C9H19N3O5S. The third-order valence-corrected chi connectivity index (χ3v) is 3.43. The van der Waals surface area contributed by atoms with Gasteiger partial charge in [0.2, 0.25) is 5.91 Å². The summed E-state index contributed by atoms with van der Waals surface area (Å²) in [6, 6.07) is -0.0771. The van der Waals surface area contributed by atoms with Gasteiger partial charge in [0.25, 0.3) is 10.2 Å². The molecule has 0 atom stereocenters. The van der Waals surface area contributed by atoms with Crippen LogP contribution in [-0.4, -0.2) is 55.9 Å². The van der Waals surface area contributed by atoms with E-state index in [0.717, 1.165) is 4.31 Å². The van der Waals surface area contributed by atoms with Crippen LogP contribution in [0.15, 0.2) is 0 Å². The fourth-order valence-electron chi connectivity index (χ4n) is 1.01. The van der Waals surface area contributed by atoms with E-state index in [1.807, 2.05) is 0 Å². The van der Waals surface area contributed by atoms with Crippen LogP contribution in [0.2, 0.25) is 0 Å². The summed E-state index contributed by atoms with van der Waals surface area (Å²) in [5, 5.41) is 11.0. The Morgan fingerprint density at radius 3 is 2.33 bits per heavy atom. The van der Waals surface area contributed by atoms with Crippen LogP contribution in [0, 0.1) is 0 Å². The fraction of sp³-hybridized carbons (Fsp3) is 0.778. The molecule has 0 aromatic rings. The molecule has 0 bridgehead atoms. The summed E-state index contributed by atoms with van der Waals surface area (Å²) in [6.07, 6.45) is -0.296. The molecular weight excluding hydrogens is 262 g/mol. The largest absolute Gasteiger partial charge is 0.481 e. The van der Waals surface area contributed by atoms with Crippen LogP contribution in [0.1, 0.15) is 20.3 Å². The summed E-state index contributed by atoms with van der Waals surface area (Å²) < 4.78 is 26.1. The third-order valence-electron chi connectivity index (χ3n) is 1.92. The normalized spacial score (nSPS) is 11.8. The van der Waals surface area contributed by atoms with Crippen LogP contribution in [0.3, 0.4) is 0 Å². The van der Waals surface area contributed by atoms with Crippen molar-refractivity contribution >= 4 is 22.1 Å². The molecule has 0 heterocycles. The van der Waals surface area contributed by atoms with Gasteiger partial charge in [0.15, 0.2) is 0 Å². The quantitative estimate of drug-likeness (QED) is 0.514. The van der Waals surface area contributed by atoms with Crippen LogP contribution < -0.4 is 10.0 Å². The molecule has 0 saturated heterocycles. The van der Waals surface area contributed by atoms with Gasteiger partial charge in [-0.3, -0.25) is 9.59 Å². The minimum absolute atomic E-state index is 0.0771. The van der Waals surface area contributed by atoms with E-state index in [4.69, 9.17) is 5.11 Å². The summed E-state index contributed by atoms with van der Waals surface area (Å²) in [6.45, 7) is 2.98. The topological polar surface area (TPSA) is 116 Å². The molecule has 0 aliphatic carbocycles. The van der Waals surface area contributed by atoms with Gasteiger partial charge >= 0.3 is 5.97 Å². The lowest BCUT2D eigenvalue weighted by atomic mass is 10.4. The van der Waals surface area contributed by atoms with Crippen molar-refractivity contribution in [3.05, 3.63) is 0 Å². The number of rotatable bonds is 8. The first-order valence-electron chi connectivity index (χ1n) is 5.37. The highest BCUT2D eigenvalue weighted by Gasteiger charge is 2.19. The number of carboxylic acids is 1. The number of amides is 1. The molecule has 9 heteroatoms. The Labute approximate surface area is 107 Å². The number of hydrogen-bond acceptors (Lipinski definition) is 4. The Morgan fingerprint density at radius 2 is 1.89 bits per heavy atom. The number of carboxylic acid groups (broad SMARTS) is 1. The Bertz CT molecular complexity index is 393.